The van der Waals surface area contributed by atoms with Crippen LogP contribution in [-0.4, -0.2) is 51.4 Å². The predicted octanol–water partition coefficient (Wildman–Crippen LogP) is 5.57. The molecular weight excluding hydrogens is 649 g/mol. The Balaban J connectivity index is 1.78. The first-order valence-corrected chi connectivity index (χ1v) is 16.2. The number of carbonyl (C=O) groups excluding carboxylic acids is 2. The van der Waals surface area contributed by atoms with Gasteiger partial charge in [-0.2, -0.15) is 0 Å². The molecule has 0 radical (unpaired) electrons. The lowest BCUT2D eigenvalue weighted by Gasteiger charge is -2.33. The molecule has 0 aliphatic heterocycles. The molecule has 0 aliphatic rings. The number of ether oxygens (including phenoxy) is 1. The largest absolute Gasteiger partial charge is 0.494 e. The van der Waals surface area contributed by atoms with Crippen molar-refractivity contribution in [3.05, 3.63) is 125 Å². The molecular formula is C33H33BrFN3O5S. The third-order valence-electron chi connectivity index (χ3n) is 6.90. The normalized spacial score (nSPS) is 11.8. The molecule has 0 fully saturated rings. The van der Waals surface area contributed by atoms with Crippen molar-refractivity contribution in [2.75, 3.05) is 24.5 Å². The van der Waals surface area contributed by atoms with Crippen LogP contribution in [0.4, 0.5) is 10.1 Å². The molecule has 4 aromatic carbocycles. The van der Waals surface area contributed by atoms with Gasteiger partial charge in [-0.05, 0) is 78.7 Å². The molecule has 0 saturated carbocycles. The van der Waals surface area contributed by atoms with E-state index in [0.29, 0.717) is 12.4 Å². The fourth-order valence-corrected chi connectivity index (χ4v) is 6.32. The zero-order valence-electron chi connectivity index (χ0n) is 24.3. The van der Waals surface area contributed by atoms with Gasteiger partial charge in [-0.25, -0.2) is 12.8 Å². The first kappa shape index (κ1) is 32.7. The summed E-state index contributed by atoms with van der Waals surface area (Å²) in [5.74, 6) is -1.06. The van der Waals surface area contributed by atoms with Gasteiger partial charge in [-0.1, -0.05) is 58.4 Å². The molecule has 0 aromatic heterocycles. The van der Waals surface area contributed by atoms with Crippen molar-refractivity contribution in [3.8, 4) is 5.75 Å². The van der Waals surface area contributed by atoms with E-state index in [1.165, 1.54) is 11.9 Å². The van der Waals surface area contributed by atoms with Crippen molar-refractivity contribution in [2.24, 2.45) is 0 Å². The topological polar surface area (TPSA) is 96.0 Å². The smallest absolute Gasteiger partial charge is 0.264 e. The molecule has 4 aromatic rings. The van der Waals surface area contributed by atoms with Crippen molar-refractivity contribution in [1.82, 2.24) is 10.2 Å². The Morgan fingerprint density at radius 2 is 1.52 bits per heavy atom. The highest BCUT2D eigenvalue weighted by atomic mass is 79.9. The number of hydrogen-bond donors (Lipinski definition) is 1. The molecule has 8 nitrogen and oxygen atoms in total. The Bertz CT molecular complexity index is 1650. The second-order valence-electron chi connectivity index (χ2n) is 9.86. The Kier molecular flexibility index (Phi) is 11.1. The van der Waals surface area contributed by atoms with Crippen molar-refractivity contribution in [3.63, 3.8) is 0 Å². The van der Waals surface area contributed by atoms with E-state index >= 15 is 0 Å². The second kappa shape index (κ2) is 15.0. The van der Waals surface area contributed by atoms with Gasteiger partial charge in [0.2, 0.25) is 11.8 Å². The van der Waals surface area contributed by atoms with Crippen LogP contribution in [0.3, 0.4) is 0 Å². The Labute approximate surface area is 265 Å². The molecule has 44 heavy (non-hydrogen) atoms. The van der Waals surface area contributed by atoms with Crippen molar-refractivity contribution in [2.45, 2.75) is 30.8 Å². The fourth-order valence-electron chi connectivity index (χ4n) is 4.64. The van der Waals surface area contributed by atoms with Gasteiger partial charge in [0.05, 0.1) is 17.2 Å². The van der Waals surface area contributed by atoms with E-state index < -0.39 is 40.2 Å². The number of halogens is 2. The van der Waals surface area contributed by atoms with Gasteiger partial charge in [0.15, 0.2) is 0 Å². The van der Waals surface area contributed by atoms with E-state index in [9.17, 15) is 22.4 Å². The molecule has 230 valence electrons. The van der Waals surface area contributed by atoms with Gasteiger partial charge in [0.25, 0.3) is 10.0 Å². The predicted molar refractivity (Wildman–Crippen MR) is 171 cm³/mol. The van der Waals surface area contributed by atoms with Gasteiger partial charge in [0, 0.05) is 24.5 Å². The molecule has 0 bridgehead atoms. The number of sulfonamides is 1. The molecule has 2 amide bonds. The zero-order chi connectivity index (χ0) is 31.7. The molecule has 0 spiro atoms. The van der Waals surface area contributed by atoms with Crippen LogP contribution in [0.15, 0.2) is 112 Å². The average molecular weight is 683 g/mol. The van der Waals surface area contributed by atoms with Gasteiger partial charge >= 0.3 is 0 Å². The van der Waals surface area contributed by atoms with E-state index in [2.05, 4.69) is 21.2 Å². The number of carbonyl (C=O) groups is 2. The number of benzene rings is 4. The maximum atomic E-state index is 14.3. The van der Waals surface area contributed by atoms with Crippen molar-refractivity contribution < 1.29 is 27.1 Å². The number of nitrogens with zero attached hydrogens (tertiary/aromatic N) is 2. The number of anilines is 1. The van der Waals surface area contributed by atoms with Crippen molar-refractivity contribution >= 4 is 43.5 Å². The standard InChI is InChI=1S/C33H33BrFN3O5S/c1-3-43-29-17-15-28(16-18-29)38(44(41,42)30-19-13-27(35)14-20-30)23-32(39)37(22-25-9-11-26(34)12-10-25)31(33(40)36-2)21-24-7-5-4-6-8-24/h4-20,31H,3,21-23H2,1-2H3,(H,36,40). The summed E-state index contributed by atoms with van der Waals surface area (Å²) in [6.07, 6.45) is 0.205. The Hall–Kier alpha value is -4.22. The highest BCUT2D eigenvalue weighted by Gasteiger charge is 2.34. The number of likely N-dealkylation sites (N-methyl/N-ethyl adjacent to an activating group) is 1. The molecule has 1 unspecified atom stereocenters. The van der Waals surface area contributed by atoms with E-state index in [4.69, 9.17) is 4.74 Å². The van der Waals surface area contributed by atoms with E-state index in [-0.39, 0.29) is 23.5 Å². The van der Waals surface area contributed by atoms with Gasteiger partial charge < -0.3 is 15.0 Å². The van der Waals surface area contributed by atoms with Gasteiger partial charge in [-0.3, -0.25) is 13.9 Å². The summed E-state index contributed by atoms with van der Waals surface area (Å²) in [5.41, 5.74) is 1.78. The van der Waals surface area contributed by atoms with Crippen LogP contribution in [0.2, 0.25) is 0 Å². The second-order valence-corrected chi connectivity index (χ2v) is 12.6. The quantitative estimate of drug-likeness (QED) is 0.199. The summed E-state index contributed by atoms with van der Waals surface area (Å²) in [4.78, 5) is 28.8. The molecule has 0 heterocycles. The van der Waals surface area contributed by atoms with Gasteiger partial charge in [0.1, 0.15) is 24.2 Å². The summed E-state index contributed by atoms with van der Waals surface area (Å²) >= 11 is 3.42. The Morgan fingerprint density at radius 1 is 0.886 bits per heavy atom. The van der Waals surface area contributed by atoms with Crippen LogP contribution in [0.25, 0.3) is 0 Å². The van der Waals surface area contributed by atoms with Crippen LogP contribution in [0, 0.1) is 5.82 Å². The van der Waals surface area contributed by atoms with Crippen molar-refractivity contribution in [1.29, 1.82) is 0 Å². The molecule has 4 rings (SSSR count). The maximum Gasteiger partial charge on any atom is 0.264 e. The maximum absolute atomic E-state index is 14.3. The van der Waals surface area contributed by atoms with Crippen LogP contribution in [0.5, 0.6) is 5.75 Å². The van der Waals surface area contributed by atoms with Crippen LogP contribution >= 0.6 is 15.9 Å². The fraction of sp³-hybridized carbons (Fsp3) is 0.212. The minimum absolute atomic E-state index is 0.0464. The minimum atomic E-state index is -4.34. The summed E-state index contributed by atoms with van der Waals surface area (Å²) in [5, 5.41) is 2.66. The third kappa shape index (κ3) is 8.23. The third-order valence-corrected chi connectivity index (χ3v) is 9.22. The van der Waals surface area contributed by atoms with E-state index in [1.807, 2.05) is 61.5 Å². The highest BCUT2D eigenvalue weighted by molar-refractivity contribution is 9.10. The van der Waals surface area contributed by atoms with E-state index in [0.717, 1.165) is 44.2 Å². The number of nitrogens with one attached hydrogen (secondary N) is 1. The zero-order valence-corrected chi connectivity index (χ0v) is 26.7. The van der Waals surface area contributed by atoms with Crippen LogP contribution < -0.4 is 14.4 Å². The van der Waals surface area contributed by atoms with Crippen LogP contribution in [-0.2, 0) is 32.6 Å². The molecule has 0 aliphatic carbocycles. The van der Waals surface area contributed by atoms with Crippen LogP contribution in [0.1, 0.15) is 18.1 Å². The first-order valence-electron chi connectivity index (χ1n) is 13.9. The lowest BCUT2D eigenvalue weighted by Crippen LogP contribution is -2.53. The van der Waals surface area contributed by atoms with Gasteiger partial charge in [-0.15, -0.1) is 0 Å². The summed E-state index contributed by atoms with van der Waals surface area (Å²) < 4.78 is 49.0. The number of rotatable bonds is 13. The lowest BCUT2D eigenvalue weighted by atomic mass is 10.0. The summed E-state index contributed by atoms with van der Waals surface area (Å²) in [6, 6.07) is 26.3. The Morgan fingerprint density at radius 3 is 2.11 bits per heavy atom. The SMILES string of the molecule is CCOc1ccc(N(CC(=O)N(Cc2ccc(Br)cc2)C(Cc2ccccc2)C(=O)NC)S(=O)(=O)c2ccc(F)cc2)cc1. The van der Waals surface area contributed by atoms with E-state index in [1.54, 1.807) is 24.3 Å². The lowest BCUT2D eigenvalue weighted by molar-refractivity contribution is -0.139. The molecule has 11 heteroatoms. The molecule has 1 N–H and O–H groups in total. The molecule has 0 saturated heterocycles. The minimum Gasteiger partial charge on any atom is -0.494 e. The number of amides is 2. The highest BCUT2D eigenvalue weighted by Crippen LogP contribution is 2.27. The molecule has 1 atom stereocenters. The summed E-state index contributed by atoms with van der Waals surface area (Å²) in [6.45, 7) is 1.68. The number of hydrogen-bond acceptors (Lipinski definition) is 5. The summed E-state index contributed by atoms with van der Waals surface area (Å²) in [7, 11) is -2.85. The first-order chi connectivity index (χ1) is 21.1. The average Bonchev–Trinajstić information content (AvgIpc) is 3.03. The monoisotopic (exact) mass is 681 g/mol.